The van der Waals surface area contributed by atoms with Crippen molar-refractivity contribution in [3.63, 3.8) is 0 Å². The zero-order valence-electron chi connectivity index (χ0n) is 8.72. The zero-order chi connectivity index (χ0) is 10.9. The van der Waals surface area contributed by atoms with E-state index in [0.29, 0.717) is 6.42 Å². The van der Waals surface area contributed by atoms with Crippen LogP contribution in [-0.2, 0) is 15.5 Å². The van der Waals surface area contributed by atoms with Crippen LogP contribution in [0.3, 0.4) is 0 Å². The highest BCUT2D eigenvalue weighted by atomic mass is 32.2. The summed E-state index contributed by atoms with van der Waals surface area (Å²) in [5, 5.41) is 9.54. The predicted molar refractivity (Wildman–Crippen MR) is 63.1 cm³/mol. The van der Waals surface area contributed by atoms with Gasteiger partial charge >= 0.3 is 0 Å². The molecule has 4 atom stereocenters. The quantitative estimate of drug-likeness (QED) is 0.758. The van der Waals surface area contributed by atoms with E-state index in [9.17, 15) is 9.32 Å². The molecule has 0 amide bonds. The minimum atomic E-state index is -0.863. The Bertz CT molecular complexity index is 292. The smallest absolute Gasteiger partial charge is 0.127 e. The Morgan fingerprint density at radius 2 is 2.47 bits per heavy atom. The molecule has 15 heavy (non-hydrogen) atoms. The van der Waals surface area contributed by atoms with Crippen molar-refractivity contribution in [3.8, 4) is 0 Å². The molecule has 86 valence electrons. The van der Waals surface area contributed by atoms with Crippen LogP contribution in [0.15, 0.2) is 12.3 Å². The van der Waals surface area contributed by atoms with E-state index < -0.39 is 16.9 Å². The summed E-state index contributed by atoms with van der Waals surface area (Å²) in [4.78, 5) is 0. The summed E-state index contributed by atoms with van der Waals surface area (Å²) in [5.74, 6) is 1.78. The zero-order valence-corrected chi connectivity index (χ0v) is 10.4. The summed E-state index contributed by atoms with van der Waals surface area (Å²) in [6, 6.07) is 0. The number of aliphatic hydroxyl groups excluding tert-OH is 1. The Kier molecular flexibility index (Phi) is 3.42. The van der Waals surface area contributed by atoms with Crippen molar-refractivity contribution < 1.29 is 14.1 Å². The molecule has 0 aromatic heterocycles. The molecule has 3 nitrogen and oxygen atoms in total. The summed E-state index contributed by atoms with van der Waals surface area (Å²) < 4.78 is 17.2. The topological polar surface area (TPSA) is 46.5 Å². The third kappa shape index (κ3) is 2.24. The van der Waals surface area contributed by atoms with Gasteiger partial charge in [-0.2, -0.15) is 0 Å². The van der Waals surface area contributed by atoms with Gasteiger partial charge in [0, 0.05) is 23.0 Å². The van der Waals surface area contributed by atoms with Crippen LogP contribution >= 0.6 is 11.8 Å². The molecule has 0 bridgehead atoms. The van der Waals surface area contributed by atoms with Crippen molar-refractivity contribution in [2.75, 3.05) is 11.5 Å². The van der Waals surface area contributed by atoms with Crippen LogP contribution in [0.5, 0.6) is 0 Å². The van der Waals surface area contributed by atoms with Gasteiger partial charge in [-0.05, 0) is 25.2 Å². The maximum absolute atomic E-state index is 12.0. The molecule has 5 heteroatoms. The highest BCUT2D eigenvalue weighted by molar-refractivity contribution is 8.13. The van der Waals surface area contributed by atoms with Gasteiger partial charge in [0.1, 0.15) is 10.2 Å². The van der Waals surface area contributed by atoms with Crippen LogP contribution in [0.25, 0.3) is 0 Å². The van der Waals surface area contributed by atoms with Gasteiger partial charge in [0.2, 0.25) is 0 Å². The van der Waals surface area contributed by atoms with Crippen molar-refractivity contribution in [1.82, 2.24) is 0 Å². The first-order valence-electron chi connectivity index (χ1n) is 5.15. The lowest BCUT2D eigenvalue weighted by Gasteiger charge is -2.40. The van der Waals surface area contributed by atoms with E-state index in [1.165, 1.54) is 6.26 Å². The van der Waals surface area contributed by atoms with Crippen LogP contribution in [0.4, 0.5) is 0 Å². The summed E-state index contributed by atoms with van der Waals surface area (Å²) in [6.07, 6.45) is 4.14. The Labute approximate surface area is 96.7 Å². The van der Waals surface area contributed by atoms with E-state index >= 15 is 0 Å². The van der Waals surface area contributed by atoms with Crippen molar-refractivity contribution in [2.24, 2.45) is 0 Å². The lowest BCUT2D eigenvalue weighted by Crippen LogP contribution is -2.47. The average molecular weight is 248 g/mol. The van der Waals surface area contributed by atoms with Gasteiger partial charge in [0.25, 0.3) is 0 Å². The lowest BCUT2D eigenvalue weighted by molar-refractivity contribution is 0.0589. The largest absolute Gasteiger partial charge is 0.496 e. The molecule has 1 fully saturated rings. The standard InChI is InChI=1S/C10H16O3S2/c1-10(14-5-2-6-15(10)12)9-7-8(11)3-4-13-9/h3-4,8-9,11H,2,5-7H2,1H3. The average Bonchev–Trinajstić information content (AvgIpc) is 2.23. The first-order valence-corrected chi connectivity index (χ1v) is 7.46. The molecule has 4 unspecified atom stereocenters. The number of ether oxygens (including phenoxy) is 1. The van der Waals surface area contributed by atoms with Crippen LogP contribution in [0.2, 0.25) is 0 Å². The summed E-state index contributed by atoms with van der Waals surface area (Å²) >= 11 is 1.71. The first-order chi connectivity index (χ1) is 7.13. The molecule has 1 N–H and O–H groups in total. The van der Waals surface area contributed by atoms with Crippen LogP contribution in [0.1, 0.15) is 19.8 Å². The minimum Gasteiger partial charge on any atom is -0.496 e. The third-order valence-corrected chi connectivity index (χ3v) is 6.97. The van der Waals surface area contributed by atoms with Crippen molar-refractivity contribution in [1.29, 1.82) is 0 Å². The second kappa shape index (κ2) is 4.47. The Hall–Kier alpha value is -0.0000000000000000555. The lowest BCUT2D eigenvalue weighted by atomic mass is 10.1. The van der Waals surface area contributed by atoms with Gasteiger partial charge in [-0.15, -0.1) is 11.8 Å². The summed E-state index contributed by atoms with van der Waals surface area (Å²) in [5.41, 5.74) is 0. The third-order valence-electron chi connectivity index (χ3n) is 2.90. The summed E-state index contributed by atoms with van der Waals surface area (Å²) in [7, 11) is -0.863. The second-order valence-electron chi connectivity index (χ2n) is 4.02. The fourth-order valence-corrected chi connectivity index (χ4v) is 5.39. The van der Waals surface area contributed by atoms with E-state index in [4.69, 9.17) is 4.74 Å². The van der Waals surface area contributed by atoms with Gasteiger partial charge < -0.3 is 9.84 Å². The molecular weight excluding hydrogens is 232 g/mol. The molecule has 2 rings (SSSR count). The van der Waals surface area contributed by atoms with Gasteiger partial charge in [-0.25, -0.2) is 0 Å². The van der Waals surface area contributed by atoms with Gasteiger partial charge in [-0.1, -0.05) is 0 Å². The van der Waals surface area contributed by atoms with Crippen LogP contribution in [-0.4, -0.2) is 37.1 Å². The van der Waals surface area contributed by atoms with Crippen molar-refractivity contribution in [3.05, 3.63) is 12.3 Å². The molecule has 0 aliphatic carbocycles. The van der Waals surface area contributed by atoms with E-state index in [-0.39, 0.29) is 10.2 Å². The maximum Gasteiger partial charge on any atom is 0.127 e. The number of hydrogen-bond acceptors (Lipinski definition) is 4. The minimum absolute atomic E-state index is 0.136. The number of rotatable bonds is 1. The molecule has 0 radical (unpaired) electrons. The molecule has 0 saturated carbocycles. The first kappa shape index (κ1) is 11.5. The van der Waals surface area contributed by atoms with Gasteiger partial charge in [0.15, 0.2) is 0 Å². The SMILES string of the molecule is CC1(C2CC(O)C=CO2)SCCCS1=O. The van der Waals surface area contributed by atoms with Crippen molar-refractivity contribution in [2.45, 2.75) is 36.1 Å². The molecule has 1 saturated heterocycles. The second-order valence-corrected chi connectivity index (χ2v) is 7.77. The number of hydrogen-bond donors (Lipinski definition) is 1. The number of thioether (sulfide) groups is 1. The highest BCUT2D eigenvalue weighted by Gasteiger charge is 2.44. The number of aliphatic hydroxyl groups is 1. The maximum atomic E-state index is 12.0. The van der Waals surface area contributed by atoms with Gasteiger partial charge in [0.05, 0.1) is 12.4 Å². The Morgan fingerprint density at radius 3 is 3.13 bits per heavy atom. The molecule has 2 aliphatic heterocycles. The molecule has 2 heterocycles. The fraction of sp³-hybridized carbons (Fsp3) is 0.800. The highest BCUT2D eigenvalue weighted by Crippen LogP contribution is 2.41. The van der Waals surface area contributed by atoms with E-state index in [1.54, 1.807) is 17.8 Å². The predicted octanol–water partition coefficient (Wildman–Crippen LogP) is 1.25. The summed E-state index contributed by atoms with van der Waals surface area (Å²) in [6.45, 7) is 1.99. The fourth-order valence-electron chi connectivity index (χ4n) is 1.89. The van der Waals surface area contributed by atoms with E-state index in [1.807, 2.05) is 6.92 Å². The normalized spacial score (nSPS) is 46.1. The van der Waals surface area contributed by atoms with E-state index in [0.717, 1.165) is 17.9 Å². The Balaban J connectivity index is 2.13. The molecular formula is C10H16O3S2. The van der Waals surface area contributed by atoms with Crippen molar-refractivity contribution >= 4 is 22.6 Å². The van der Waals surface area contributed by atoms with Crippen LogP contribution in [0, 0.1) is 0 Å². The molecule has 0 aromatic rings. The Morgan fingerprint density at radius 1 is 1.67 bits per heavy atom. The monoisotopic (exact) mass is 248 g/mol. The van der Waals surface area contributed by atoms with Gasteiger partial charge in [-0.3, -0.25) is 4.21 Å². The molecule has 0 spiro atoms. The molecule has 0 aromatic carbocycles. The van der Waals surface area contributed by atoms with Crippen LogP contribution < -0.4 is 0 Å². The van der Waals surface area contributed by atoms with E-state index in [2.05, 4.69) is 0 Å². The molecule has 2 aliphatic rings.